The molecule has 0 radical (unpaired) electrons. The molecule has 1 nitrogen and oxygen atoms in total. The second-order valence-corrected chi connectivity index (χ2v) is 5.45. The lowest BCUT2D eigenvalue weighted by Crippen LogP contribution is -2.15. The third kappa shape index (κ3) is 5.99. The summed E-state index contributed by atoms with van der Waals surface area (Å²) in [6.45, 7) is 6.43. The molecule has 19 heavy (non-hydrogen) atoms. The summed E-state index contributed by atoms with van der Waals surface area (Å²) in [6.07, 6.45) is -0.924. The van der Waals surface area contributed by atoms with E-state index < -0.39 is 11.7 Å². The molecular weight excluding hydrogens is 251 g/mol. The smallest absolute Gasteiger partial charge is 0.383 e. The molecule has 1 N–H and O–H groups in total. The number of hydrogen-bond acceptors (Lipinski definition) is 1. The number of anilines is 1. The van der Waals surface area contributed by atoms with Crippen molar-refractivity contribution in [2.75, 3.05) is 5.32 Å². The fraction of sp³-hybridized carbons (Fsp3) is 0.600. The molecule has 0 saturated heterocycles. The van der Waals surface area contributed by atoms with Gasteiger partial charge in [0, 0.05) is 11.7 Å². The summed E-state index contributed by atoms with van der Waals surface area (Å²) in [5.74, 6) is 0.693. The first kappa shape index (κ1) is 15.9. The fourth-order valence-electron chi connectivity index (χ4n) is 1.94. The van der Waals surface area contributed by atoms with Crippen LogP contribution in [-0.2, 0) is 6.18 Å². The van der Waals surface area contributed by atoms with Crippen molar-refractivity contribution in [1.82, 2.24) is 0 Å². The lowest BCUT2D eigenvalue weighted by Gasteiger charge is -2.16. The van der Waals surface area contributed by atoms with Gasteiger partial charge in [-0.05, 0) is 43.5 Å². The molecular formula is C15H22F3N. The van der Waals surface area contributed by atoms with Crippen LogP contribution in [0.2, 0.25) is 0 Å². The summed E-state index contributed by atoms with van der Waals surface area (Å²) in [6, 6.07) is 5.48. The number of nitrogens with one attached hydrogen (secondary N) is 1. The Kier molecular flexibility index (Phi) is 5.70. The van der Waals surface area contributed by atoms with Crippen molar-refractivity contribution < 1.29 is 13.2 Å². The Labute approximate surface area is 113 Å². The zero-order valence-electron chi connectivity index (χ0n) is 11.7. The normalized spacial score (nSPS) is 13.6. The zero-order chi connectivity index (χ0) is 14.5. The van der Waals surface area contributed by atoms with Gasteiger partial charge in [0.05, 0.1) is 5.56 Å². The molecule has 0 fully saturated rings. The van der Waals surface area contributed by atoms with Crippen molar-refractivity contribution in [3.63, 3.8) is 0 Å². The Morgan fingerprint density at radius 2 is 1.58 bits per heavy atom. The molecule has 0 saturated carbocycles. The van der Waals surface area contributed by atoms with E-state index in [1.807, 2.05) is 0 Å². The van der Waals surface area contributed by atoms with E-state index in [0.717, 1.165) is 30.7 Å². The third-order valence-electron chi connectivity index (χ3n) is 3.04. The Morgan fingerprint density at radius 1 is 1.00 bits per heavy atom. The summed E-state index contributed by atoms with van der Waals surface area (Å²) >= 11 is 0. The Bertz CT molecular complexity index is 368. The predicted octanol–water partition coefficient (Wildman–Crippen LogP) is 5.33. The van der Waals surface area contributed by atoms with E-state index >= 15 is 0 Å². The van der Waals surface area contributed by atoms with Crippen LogP contribution >= 0.6 is 0 Å². The fourth-order valence-corrected chi connectivity index (χ4v) is 1.94. The van der Waals surface area contributed by atoms with Crippen LogP contribution in [0, 0.1) is 5.92 Å². The van der Waals surface area contributed by atoms with Crippen molar-refractivity contribution in [2.45, 2.75) is 52.3 Å². The van der Waals surface area contributed by atoms with Gasteiger partial charge in [-0.2, -0.15) is 13.2 Å². The van der Waals surface area contributed by atoms with E-state index in [4.69, 9.17) is 0 Å². The molecule has 1 aromatic carbocycles. The Hall–Kier alpha value is -1.19. The standard InChI is InChI=1S/C15H22F3N/c1-11(2)5-4-6-12(3)19-14-9-7-13(8-10-14)15(16,17)18/h7-12,19H,4-6H2,1-3H3. The van der Waals surface area contributed by atoms with Crippen LogP contribution in [0.5, 0.6) is 0 Å². The zero-order valence-corrected chi connectivity index (χ0v) is 11.7. The molecule has 0 aliphatic carbocycles. The van der Waals surface area contributed by atoms with Crippen LogP contribution in [-0.4, -0.2) is 6.04 Å². The number of benzene rings is 1. The van der Waals surface area contributed by atoms with Gasteiger partial charge in [0.25, 0.3) is 0 Å². The molecule has 0 heterocycles. The summed E-state index contributed by atoms with van der Waals surface area (Å²) in [4.78, 5) is 0. The van der Waals surface area contributed by atoms with Gasteiger partial charge in [-0.1, -0.05) is 26.7 Å². The molecule has 0 aromatic heterocycles. The van der Waals surface area contributed by atoms with E-state index in [0.29, 0.717) is 5.92 Å². The predicted molar refractivity (Wildman–Crippen MR) is 73.2 cm³/mol. The summed E-state index contributed by atoms with van der Waals surface area (Å²) in [7, 11) is 0. The topological polar surface area (TPSA) is 12.0 Å². The molecule has 1 aromatic rings. The highest BCUT2D eigenvalue weighted by Crippen LogP contribution is 2.30. The summed E-state index contributed by atoms with van der Waals surface area (Å²) in [5.41, 5.74) is 0.135. The van der Waals surface area contributed by atoms with Crippen molar-refractivity contribution in [3.05, 3.63) is 29.8 Å². The number of alkyl halides is 3. The monoisotopic (exact) mass is 273 g/mol. The Morgan fingerprint density at radius 3 is 2.05 bits per heavy atom. The van der Waals surface area contributed by atoms with Gasteiger partial charge < -0.3 is 5.32 Å². The molecule has 1 rings (SSSR count). The second-order valence-electron chi connectivity index (χ2n) is 5.45. The third-order valence-corrected chi connectivity index (χ3v) is 3.04. The van der Waals surface area contributed by atoms with Gasteiger partial charge in [-0.25, -0.2) is 0 Å². The first-order valence-electron chi connectivity index (χ1n) is 6.73. The lowest BCUT2D eigenvalue weighted by molar-refractivity contribution is -0.137. The molecule has 1 unspecified atom stereocenters. The van der Waals surface area contributed by atoms with Crippen LogP contribution in [0.3, 0.4) is 0 Å². The van der Waals surface area contributed by atoms with E-state index in [1.165, 1.54) is 18.6 Å². The van der Waals surface area contributed by atoms with Gasteiger partial charge in [0.15, 0.2) is 0 Å². The molecule has 0 aliphatic heterocycles. The molecule has 1 atom stereocenters. The van der Waals surface area contributed by atoms with Crippen molar-refractivity contribution in [3.8, 4) is 0 Å². The molecule has 108 valence electrons. The van der Waals surface area contributed by atoms with Gasteiger partial charge in [-0.3, -0.25) is 0 Å². The lowest BCUT2D eigenvalue weighted by atomic mass is 10.0. The average Bonchev–Trinajstić information content (AvgIpc) is 2.27. The maximum atomic E-state index is 12.4. The molecule has 0 amide bonds. The van der Waals surface area contributed by atoms with Gasteiger partial charge in [0.1, 0.15) is 0 Å². The highest BCUT2D eigenvalue weighted by molar-refractivity contribution is 5.45. The SMILES string of the molecule is CC(C)CCCC(C)Nc1ccc(C(F)(F)F)cc1. The number of hydrogen-bond donors (Lipinski definition) is 1. The molecule has 4 heteroatoms. The van der Waals surface area contributed by atoms with E-state index in [1.54, 1.807) is 0 Å². The van der Waals surface area contributed by atoms with Crippen molar-refractivity contribution in [1.29, 1.82) is 0 Å². The maximum absolute atomic E-state index is 12.4. The number of rotatable bonds is 6. The number of halogens is 3. The maximum Gasteiger partial charge on any atom is 0.416 e. The van der Waals surface area contributed by atoms with Crippen LogP contribution in [0.1, 0.15) is 45.6 Å². The summed E-state index contributed by atoms with van der Waals surface area (Å²) in [5, 5.41) is 3.23. The highest BCUT2D eigenvalue weighted by Gasteiger charge is 2.29. The van der Waals surface area contributed by atoms with E-state index in [2.05, 4.69) is 26.1 Å². The average molecular weight is 273 g/mol. The minimum Gasteiger partial charge on any atom is -0.383 e. The van der Waals surface area contributed by atoms with Crippen molar-refractivity contribution in [2.24, 2.45) is 5.92 Å². The van der Waals surface area contributed by atoms with Crippen LogP contribution in [0.15, 0.2) is 24.3 Å². The van der Waals surface area contributed by atoms with Gasteiger partial charge >= 0.3 is 6.18 Å². The molecule has 0 aliphatic rings. The minimum absolute atomic E-state index is 0.274. The summed E-state index contributed by atoms with van der Waals surface area (Å²) < 4.78 is 37.2. The first-order chi connectivity index (χ1) is 8.79. The van der Waals surface area contributed by atoms with Crippen molar-refractivity contribution >= 4 is 5.69 Å². The second kappa shape index (κ2) is 6.83. The van der Waals surface area contributed by atoms with Gasteiger partial charge in [-0.15, -0.1) is 0 Å². The highest BCUT2D eigenvalue weighted by atomic mass is 19.4. The van der Waals surface area contributed by atoms with E-state index in [9.17, 15) is 13.2 Å². The van der Waals surface area contributed by atoms with Crippen LogP contribution in [0.4, 0.5) is 18.9 Å². The Balaban J connectivity index is 2.44. The quantitative estimate of drug-likeness (QED) is 0.738. The molecule has 0 bridgehead atoms. The van der Waals surface area contributed by atoms with E-state index in [-0.39, 0.29) is 6.04 Å². The van der Waals surface area contributed by atoms with Crippen LogP contribution < -0.4 is 5.32 Å². The van der Waals surface area contributed by atoms with Gasteiger partial charge in [0.2, 0.25) is 0 Å². The largest absolute Gasteiger partial charge is 0.416 e. The first-order valence-corrected chi connectivity index (χ1v) is 6.73. The minimum atomic E-state index is -4.26. The van der Waals surface area contributed by atoms with Crippen LogP contribution in [0.25, 0.3) is 0 Å². The molecule has 0 spiro atoms.